The van der Waals surface area contributed by atoms with Gasteiger partial charge in [-0.3, -0.25) is 9.97 Å². The molecule has 0 saturated carbocycles. The molecular formula is C28H29N5S. The van der Waals surface area contributed by atoms with Gasteiger partial charge in [-0.05, 0) is 93.0 Å². The van der Waals surface area contributed by atoms with Gasteiger partial charge in [0, 0.05) is 29.5 Å². The van der Waals surface area contributed by atoms with Gasteiger partial charge in [0.1, 0.15) is 0 Å². The van der Waals surface area contributed by atoms with Crippen LogP contribution in [0.1, 0.15) is 51.5 Å². The van der Waals surface area contributed by atoms with Crippen LogP contribution in [0.15, 0.2) is 73.1 Å². The average molecular weight is 468 g/mol. The minimum atomic E-state index is -0.0510. The molecule has 1 fully saturated rings. The summed E-state index contributed by atoms with van der Waals surface area (Å²) in [4.78, 5) is 11.5. The molecule has 1 aromatic carbocycles. The molecule has 1 aliphatic rings. The third-order valence-electron chi connectivity index (χ3n) is 6.86. The number of pyridine rings is 2. The van der Waals surface area contributed by atoms with Crippen LogP contribution < -0.4 is 5.32 Å². The summed E-state index contributed by atoms with van der Waals surface area (Å²) in [6, 6.07) is 20.8. The van der Waals surface area contributed by atoms with Crippen molar-refractivity contribution in [3.63, 3.8) is 0 Å². The first-order valence-corrected chi connectivity index (χ1v) is 12.0. The number of nitrogens with zero attached hydrogens (tertiary/aromatic N) is 4. The van der Waals surface area contributed by atoms with E-state index in [1.807, 2.05) is 42.7 Å². The predicted octanol–water partition coefficient (Wildman–Crippen LogP) is 5.67. The lowest BCUT2D eigenvalue weighted by Gasteiger charge is -2.28. The third-order valence-corrected chi connectivity index (χ3v) is 7.21. The fourth-order valence-electron chi connectivity index (χ4n) is 5.02. The highest BCUT2D eigenvalue weighted by Crippen LogP contribution is 2.42. The SMILES string of the molecule is Cc1cccc(-n2c(C)cc([C@@H]3[C@H](c4ccccn4)NC(=S)N3Cc3ccccn3)c2C)c1C. The molecule has 0 aliphatic carbocycles. The second-order valence-electron chi connectivity index (χ2n) is 8.96. The zero-order chi connectivity index (χ0) is 23.8. The molecule has 172 valence electrons. The van der Waals surface area contributed by atoms with Gasteiger partial charge in [-0.15, -0.1) is 0 Å². The Morgan fingerprint density at radius 1 is 0.912 bits per heavy atom. The van der Waals surface area contributed by atoms with Crippen LogP contribution >= 0.6 is 12.2 Å². The normalized spacial score (nSPS) is 17.8. The minimum absolute atomic E-state index is 0.00512. The number of nitrogens with one attached hydrogen (secondary N) is 1. The maximum Gasteiger partial charge on any atom is 0.170 e. The highest BCUT2D eigenvalue weighted by Gasteiger charge is 2.41. The van der Waals surface area contributed by atoms with Crippen molar-refractivity contribution in [2.75, 3.05) is 0 Å². The summed E-state index contributed by atoms with van der Waals surface area (Å²) < 4.78 is 2.37. The molecule has 0 radical (unpaired) electrons. The molecule has 3 aromatic heterocycles. The maximum absolute atomic E-state index is 5.86. The molecule has 34 heavy (non-hydrogen) atoms. The first-order valence-electron chi connectivity index (χ1n) is 11.6. The summed E-state index contributed by atoms with van der Waals surface area (Å²) in [6.45, 7) is 9.38. The molecule has 4 aromatic rings. The number of aromatic nitrogens is 3. The van der Waals surface area contributed by atoms with Gasteiger partial charge >= 0.3 is 0 Å². The van der Waals surface area contributed by atoms with Crippen LogP contribution in [0.5, 0.6) is 0 Å². The molecule has 4 heterocycles. The molecule has 0 amide bonds. The lowest BCUT2D eigenvalue weighted by atomic mass is 9.96. The molecule has 6 heteroatoms. The summed E-state index contributed by atoms with van der Waals surface area (Å²) in [5, 5.41) is 4.29. The third kappa shape index (κ3) is 3.88. The van der Waals surface area contributed by atoms with E-state index in [1.54, 1.807) is 0 Å². The summed E-state index contributed by atoms with van der Waals surface area (Å²) in [6.07, 6.45) is 3.68. The highest BCUT2D eigenvalue weighted by atomic mass is 32.1. The predicted molar refractivity (Wildman–Crippen MR) is 140 cm³/mol. The van der Waals surface area contributed by atoms with E-state index in [9.17, 15) is 0 Å². The van der Waals surface area contributed by atoms with E-state index >= 15 is 0 Å². The Hall–Kier alpha value is -3.51. The van der Waals surface area contributed by atoms with Gasteiger partial charge < -0.3 is 14.8 Å². The van der Waals surface area contributed by atoms with Gasteiger partial charge in [-0.25, -0.2) is 0 Å². The second kappa shape index (κ2) is 9.03. The molecule has 0 bridgehead atoms. The number of hydrogen-bond donors (Lipinski definition) is 1. The van der Waals surface area contributed by atoms with Crippen molar-refractivity contribution >= 4 is 17.3 Å². The Morgan fingerprint density at radius 2 is 1.68 bits per heavy atom. The van der Waals surface area contributed by atoms with Crippen LogP contribution in [-0.4, -0.2) is 24.5 Å². The van der Waals surface area contributed by atoms with Crippen molar-refractivity contribution in [3.05, 3.63) is 113 Å². The van der Waals surface area contributed by atoms with E-state index in [0.29, 0.717) is 6.54 Å². The Balaban J connectivity index is 1.64. The van der Waals surface area contributed by atoms with Crippen molar-refractivity contribution in [2.45, 2.75) is 46.3 Å². The van der Waals surface area contributed by atoms with Crippen molar-refractivity contribution in [2.24, 2.45) is 0 Å². The van der Waals surface area contributed by atoms with E-state index in [1.165, 1.54) is 33.8 Å². The molecule has 5 nitrogen and oxygen atoms in total. The fraction of sp³-hybridized carbons (Fsp3) is 0.250. The molecular weight excluding hydrogens is 438 g/mol. The van der Waals surface area contributed by atoms with Crippen LogP contribution in [0.2, 0.25) is 0 Å². The Bertz CT molecular complexity index is 1330. The van der Waals surface area contributed by atoms with Crippen molar-refractivity contribution < 1.29 is 0 Å². The Kier molecular flexibility index (Phi) is 5.92. The molecule has 2 atom stereocenters. The smallest absolute Gasteiger partial charge is 0.170 e. The van der Waals surface area contributed by atoms with Crippen LogP contribution in [0.3, 0.4) is 0 Å². The number of benzene rings is 1. The van der Waals surface area contributed by atoms with Crippen molar-refractivity contribution in [3.8, 4) is 5.69 Å². The van der Waals surface area contributed by atoms with E-state index in [0.717, 1.165) is 16.5 Å². The Labute approximate surface area is 206 Å². The summed E-state index contributed by atoms with van der Waals surface area (Å²) >= 11 is 5.86. The summed E-state index contributed by atoms with van der Waals surface area (Å²) in [5.41, 5.74) is 9.45. The van der Waals surface area contributed by atoms with Gasteiger partial charge in [0.05, 0.1) is 30.0 Å². The van der Waals surface area contributed by atoms with Gasteiger partial charge in [0.2, 0.25) is 0 Å². The Morgan fingerprint density at radius 3 is 2.38 bits per heavy atom. The summed E-state index contributed by atoms with van der Waals surface area (Å²) in [7, 11) is 0. The van der Waals surface area contributed by atoms with E-state index in [4.69, 9.17) is 12.2 Å². The minimum Gasteiger partial charge on any atom is -0.352 e. The van der Waals surface area contributed by atoms with Crippen molar-refractivity contribution in [1.82, 2.24) is 24.8 Å². The quantitative estimate of drug-likeness (QED) is 0.383. The number of aryl methyl sites for hydroxylation is 2. The van der Waals surface area contributed by atoms with E-state index in [-0.39, 0.29) is 12.1 Å². The van der Waals surface area contributed by atoms with Gasteiger partial charge in [-0.2, -0.15) is 0 Å². The van der Waals surface area contributed by atoms with Crippen molar-refractivity contribution in [1.29, 1.82) is 0 Å². The standard InChI is InChI=1S/C28H29N5S/c1-18-10-9-13-25(20(18)3)33-19(2)16-23(21(33)4)27-26(24-12-6-8-15-30-24)31-28(34)32(27)17-22-11-5-7-14-29-22/h5-16,26-27H,17H2,1-4H3,(H,31,34)/t26-,27+/m0/s1. The zero-order valence-corrected chi connectivity index (χ0v) is 20.8. The fourth-order valence-corrected chi connectivity index (χ4v) is 5.32. The highest BCUT2D eigenvalue weighted by molar-refractivity contribution is 7.80. The molecule has 5 rings (SSSR count). The number of hydrogen-bond acceptors (Lipinski definition) is 3. The van der Waals surface area contributed by atoms with E-state index in [2.05, 4.69) is 82.8 Å². The average Bonchev–Trinajstić information content (AvgIpc) is 3.32. The lowest BCUT2D eigenvalue weighted by Crippen LogP contribution is -2.29. The van der Waals surface area contributed by atoms with E-state index < -0.39 is 0 Å². The molecule has 0 unspecified atom stereocenters. The van der Waals surface area contributed by atoms with Gasteiger partial charge in [-0.1, -0.05) is 24.3 Å². The van der Waals surface area contributed by atoms with Crippen LogP contribution in [-0.2, 0) is 6.54 Å². The zero-order valence-electron chi connectivity index (χ0n) is 20.0. The van der Waals surface area contributed by atoms with Gasteiger partial charge in [0.25, 0.3) is 0 Å². The molecule has 0 spiro atoms. The number of thiocarbonyl (C=S) groups is 1. The van der Waals surface area contributed by atoms with Crippen LogP contribution in [0.25, 0.3) is 5.69 Å². The first kappa shape index (κ1) is 22.3. The monoisotopic (exact) mass is 467 g/mol. The summed E-state index contributed by atoms with van der Waals surface area (Å²) in [5.74, 6) is 0. The second-order valence-corrected chi connectivity index (χ2v) is 9.34. The van der Waals surface area contributed by atoms with Gasteiger partial charge in [0.15, 0.2) is 5.11 Å². The molecule has 1 saturated heterocycles. The molecule has 1 aliphatic heterocycles. The van der Waals surface area contributed by atoms with Crippen LogP contribution in [0, 0.1) is 27.7 Å². The first-order chi connectivity index (χ1) is 16.5. The lowest BCUT2D eigenvalue weighted by molar-refractivity contribution is 0.307. The number of rotatable bonds is 5. The largest absolute Gasteiger partial charge is 0.352 e. The van der Waals surface area contributed by atoms with Crippen LogP contribution in [0.4, 0.5) is 0 Å². The topological polar surface area (TPSA) is 46.0 Å². The maximum atomic E-state index is 5.86. The molecule has 1 N–H and O–H groups in total.